The highest BCUT2D eigenvalue weighted by Gasteiger charge is 2.16. The van der Waals surface area contributed by atoms with Crippen LogP contribution in [0.25, 0.3) is 11.3 Å². The van der Waals surface area contributed by atoms with Crippen molar-refractivity contribution in [2.45, 2.75) is 32.4 Å². The first-order valence-corrected chi connectivity index (χ1v) is 8.85. The van der Waals surface area contributed by atoms with Crippen LogP contribution in [0.15, 0.2) is 41.2 Å². The molecule has 138 valence electrons. The summed E-state index contributed by atoms with van der Waals surface area (Å²) in [6, 6.07) is 10.5. The monoisotopic (exact) mass is 357 g/mol. The number of nitrogens with zero attached hydrogens (tertiary/aromatic N) is 2. The molecule has 1 aliphatic rings. The van der Waals surface area contributed by atoms with Crippen LogP contribution in [0.1, 0.15) is 19.8 Å². The molecule has 1 saturated heterocycles. The van der Waals surface area contributed by atoms with Gasteiger partial charge in [-0.2, -0.15) is 5.10 Å². The van der Waals surface area contributed by atoms with Crippen molar-refractivity contribution >= 4 is 5.91 Å². The summed E-state index contributed by atoms with van der Waals surface area (Å²) in [5.74, 6) is 0.525. The number of amides is 1. The fourth-order valence-corrected chi connectivity index (χ4v) is 2.83. The van der Waals surface area contributed by atoms with Gasteiger partial charge in [-0.25, -0.2) is 4.68 Å². The lowest BCUT2D eigenvalue weighted by molar-refractivity contribution is -0.122. The number of aromatic nitrogens is 2. The van der Waals surface area contributed by atoms with Crippen LogP contribution in [0.4, 0.5) is 0 Å². The second-order valence-electron chi connectivity index (χ2n) is 6.11. The maximum absolute atomic E-state index is 12.1. The Bertz CT molecular complexity index is 795. The third-order valence-electron chi connectivity index (χ3n) is 4.17. The predicted molar refractivity (Wildman–Crippen MR) is 97.1 cm³/mol. The Hall–Kier alpha value is -2.67. The first-order valence-electron chi connectivity index (χ1n) is 8.85. The molecule has 0 aliphatic carbocycles. The molecule has 1 amide bonds. The summed E-state index contributed by atoms with van der Waals surface area (Å²) in [5.41, 5.74) is 1.16. The van der Waals surface area contributed by atoms with Gasteiger partial charge in [0.15, 0.2) is 0 Å². The Labute approximate surface area is 151 Å². The first kappa shape index (κ1) is 18.1. The van der Waals surface area contributed by atoms with Gasteiger partial charge in [-0.3, -0.25) is 9.59 Å². The Balaban J connectivity index is 1.66. The van der Waals surface area contributed by atoms with Gasteiger partial charge in [-0.15, -0.1) is 0 Å². The summed E-state index contributed by atoms with van der Waals surface area (Å²) in [4.78, 5) is 24.1. The molecule has 3 rings (SSSR count). The molecule has 1 fully saturated rings. The Morgan fingerprint density at radius 2 is 2.12 bits per heavy atom. The summed E-state index contributed by atoms with van der Waals surface area (Å²) >= 11 is 0. The van der Waals surface area contributed by atoms with Crippen LogP contribution in [-0.2, 0) is 16.1 Å². The zero-order valence-corrected chi connectivity index (χ0v) is 14.8. The van der Waals surface area contributed by atoms with Crippen molar-refractivity contribution in [1.82, 2.24) is 15.1 Å². The molecule has 1 unspecified atom stereocenters. The van der Waals surface area contributed by atoms with E-state index in [2.05, 4.69) is 10.4 Å². The van der Waals surface area contributed by atoms with Crippen molar-refractivity contribution in [1.29, 1.82) is 0 Å². The quantitative estimate of drug-likeness (QED) is 0.814. The van der Waals surface area contributed by atoms with E-state index in [9.17, 15) is 9.59 Å². The average Bonchev–Trinajstić information content (AvgIpc) is 3.16. The van der Waals surface area contributed by atoms with Crippen molar-refractivity contribution in [3.05, 3.63) is 46.8 Å². The number of carbonyl (C=O) groups is 1. The van der Waals surface area contributed by atoms with Gasteiger partial charge in [-0.05, 0) is 50.1 Å². The summed E-state index contributed by atoms with van der Waals surface area (Å²) in [5, 5.41) is 7.11. The maximum atomic E-state index is 12.1. The number of rotatable bonds is 7. The highest BCUT2D eigenvalue weighted by atomic mass is 16.5. The second-order valence-corrected chi connectivity index (χ2v) is 6.11. The van der Waals surface area contributed by atoms with E-state index in [1.807, 2.05) is 31.2 Å². The van der Waals surface area contributed by atoms with E-state index < -0.39 is 0 Å². The van der Waals surface area contributed by atoms with E-state index in [-0.39, 0.29) is 24.1 Å². The van der Waals surface area contributed by atoms with Crippen LogP contribution in [0.5, 0.6) is 5.75 Å². The molecule has 1 aromatic heterocycles. The SMILES string of the molecule is CCOc1ccc(-c2ccc(=O)n(CC(=O)NCC3CCCO3)n2)cc1. The Morgan fingerprint density at radius 1 is 1.31 bits per heavy atom. The minimum atomic E-state index is -0.313. The molecule has 1 aliphatic heterocycles. The van der Waals surface area contributed by atoms with Gasteiger partial charge in [-0.1, -0.05) is 0 Å². The van der Waals surface area contributed by atoms with Crippen molar-refractivity contribution in [2.24, 2.45) is 0 Å². The fraction of sp³-hybridized carbons (Fsp3) is 0.421. The molecule has 0 radical (unpaired) electrons. The first-order chi connectivity index (χ1) is 12.7. The molecular formula is C19H23N3O4. The number of hydrogen-bond acceptors (Lipinski definition) is 5. The third kappa shape index (κ3) is 4.70. The zero-order valence-electron chi connectivity index (χ0n) is 14.8. The highest BCUT2D eigenvalue weighted by Crippen LogP contribution is 2.19. The summed E-state index contributed by atoms with van der Waals surface area (Å²) in [6.45, 7) is 3.62. The van der Waals surface area contributed by atoms with Gasteiger partial charge in [0.2, 0.25) is 5.91 Å². The molecule has 1 N–H and O–H groups in total. The van der Waals surface area contributed by atoms with E-state index in [0.29, 0.717) is 18.8 Å². The van der Waals surface area contributed by atoms with E-state index in [4.69, 9.17) is 9.47 Å². The number of nitrogens with one attached hydrogen (secondary N) is 1. The molecule has 1 aromatic carbocycles. The second kappa shape index (κ2) is 8.62. The van der Waals surface area contributed by atoms with Crippen LogP contribution in [0, 0.1) is 0 Å². The Kier molecular flexibility index (Phi) is 6.01. The van der Waals surface area contributed by atoms with Crippen molar-refractivity contribution in [2.75, 3.05) is 19.8 Å². The maximum Gasteiger partial charge on any atom is 0.267 e. The molecule has 1 atom stereocenters. The topological polar surface area (TPSA) is 82.5 Å². The zero-order chi connectivity index (χ0) is 18.4. The smallest absolute Gasteiger partial charge is 0.267 e. The summed E-state index contributed by atoms with van der Waals surface area (Å²) in [7, 11) is 0. The highest BCUT2D eigenvalue weighted by molar-refractivity contribution is 5.75. The van der Waals surface area contributed by atoms with Crippen molar-refractivity contribution in [3.8, 4) is 17.0 Å². The minimum absolute atomic E-state index is 0.0684. The normalized spacial score (nSPS) is 16.4. The molecule has 2 heterocycles. The molecule has 7 nitrogen and oxygen atoms in total. The minimum Gasteiger partial charge on any atom is -0.494 e. The lowest BCUT2D eigenvalue weighted by atomic mass is 10.1. The number of hydrogen-bond donors (Lipinski definition) is 1. The van der Waals surface area contributed by atoms with Crippen molar-refractivity contribution in [3.63, 3.8) is 0 Å². The van der Waals surface area contributed by atoms with E-state index in [1.165, 1.54) is 10.7 Å². The van der Waals surface area contributed by atoms with Gasteiger partial charge in [0, 0.05) is 24.8 Å². The molecular weight excluding hydrogens is 334 g/mol. The molecule has 0 spiro atoms. The molecule has 0 bridgehead atoms. The third-order valence-corrected chi connectivity index (χ3v) is 4.17. The fourth-order valence-electron chi connectivity index (χ4n) is 2.83. The van der Waals surface area contributed by atoms with Gasteiger partial charge < -0.3 is 14.8 Å². The molecule has 7 heteroatoms. The van der Waals surface area contributed by atoms with Gasteiger partial charge in [0.25, 0.3) is 5.56 Å². The number of carbonyl (C=O) groups excluding carboxylic acids is 1. The summed E-state index contributed by atoms with van der Waals surface area (Å²) < 4.78 is 12.1. The lowest BCUT2D eigenvalue weighted by Gasteiger charge is -2.11. The predicted octanol–water partition coefficient (Wildman–Crippen LogP) is 1.60. The number of ether oxygens (including phenoxy) is 2. The standard InChI is InChI=1S/C19H23N3O4/c1-2-25-15-7-5-14(6-8-15)17-9-10-19(24)22(21-17)13-18(23)20-12-16-4-3-11-26-16/h5-10,16H,2-4,11-13H2,1H3,(H,20,23). The summed E-state index contributed by atoms with van der Waals surface area (Å²) in [6.07, 6.45) is 2.04. The van der Waals surface area contributed by atoms with Crippen LogP contribution in [0.3, 0.4) is 0 Å². The Morgan fingerprint density at radius 3 is 2.81 bits per heavy atom. The number of benzene rings is 1. The van der Waals surface area contributed by atoms with Crippen LogP contribution in [0.2, 0.25) is 0 Å². The molecule has 2 aromatic rings. The van der Waals surface area contributed by atoms with Crippen LogP contribution >= 0.6 is 0 Å². The van der Waals surface area contributed by atoms with Gasteiger partial charge >= 0.3 is 0 Å². The largest absolute Gasteiger partial charge is 0.494 e. The van der Waals surface area contributed by atoms with Crippen molar-refractivity contribution < 1.29 is 14.3 Å². The average molecular weight is 357 g/mol. The van der Waals surface area contributed by atoms with Crippen LogP contribution in [-0.4, -0.2) is 41.6 Å². The van der Waals surface area contributed by atoms with Gasteiger partial charge in [0.05, 0.1) is 18.4 Å². The lowest BCUT2D eigenvalue weighted by Crippen LogP contribution is -2.37. The van der Waals surface area contributed by atoms with E-state index >= 15 is 0 Å². The molecule has 0 saturated carbocycles. The van der Waals surface area contributed by atoms with Crippen LogP contribution < -0.4 is 15.6 Å². The molecule has 26 heavy (non-hydrogen) atoms. The van der Waals surface area contributed by atoms with E-state index in [1.54, 1.807) is 6.07 Å². The van der Waals surface area contributed by atoms with Gasteiger partial charge in [0.1, 0.15) is 12.3 Å². The van der Waals surface area contributed by atoms with E-state index in [0.717, 1.165) is 30.8 Å².